The molecule has 2 aliphatic rings. The molecule has 0 amide bonds. The van der Waals surface area contributed by atoms with Crippen molar-refractivity contribution in [3.63, 3.8) is 0 Å². The van der Waals surface area contributed by atoms with Gasteiger partial charge in [-0.05, 0) is 37.6 Å². The van der Waals surface area contributed by atoms with Crippen LogP contribution < -0.4 is 5.32 Å². The molecule has 4 heteroatoms. The van der Waals surface area contributed by atoms with Crippen LogP contribution in [0.2, 0.25) is 0 Å². The lowest BCUT2D eigenvalue weighted by atomic mass is 9.82. The molecule has 3 nitrogen and oxygen atoms in total. The van der Waals surface area contributed by atoms with E-state index in [9.17, 15) is 8.42 Å². The first-order valence-corrected chi connectivity index (χ1v) is 8.86. The molecule has 0 aromatic rings. The third kappa shape index (κ3) is 3.68. The van der Waals surface area contributed by atoms with Gasteiger partial charge in [0.1, 0.15) is 0 Å². The summed E-state index contributed by atoms with van der Waals surface area (Å²) in [6.45, 7) is 3.17. The summed E-state index contributed by atoms with van der Waals surface area (Å²) in [5, 5.41) is 3.64. The number of hydrogen-bond acceptors (Lipinski definition) is 3. The summed E-state index contributed by atoms with van der Waals surface area (Å²) in [5.74, 6) is 1.98. The van der Waals surface area contributed by atoms with Crippen LogP contribution in [0.25, 0.3) is 0 Å². The van der Waals surface area contributed by atoms with Crippen LogP contribution in [0.15, 0.2) is 0 Å². The zero-order valence-corrected chi connectivity index (χ0v) is 11.6. The highest BCUT2D eigenvalue weighted by Crippen LogP contribution is 2.27. The molecule has 3 unspecified atom stereocenters. The van der Waals surface area contributed by atoms with E-state index in [-0.39, 0.29) is 0 Å². The quantitative estimate of drug-likeness (QED) is 0.839. The minimum absolute atomic E-state index is 0.361. The first kappa shape index (κ1) is 13.3. The third-order valence-corrected chi connectivity index (χ3v) is 6.27. The molecule has 2 rings (SSSR count). The van der Waals surface area contributed by atoms with Crippen molar-refractivity contribution in [2.24, 2.45) is 11.8 Å². The van der Waals surface area contributed by atoms with Crippen LogP contribution >= 0.6 is 0 Å². The summed E-state index contributed by atoms with van der Waals surface area (Å²) in [6.07, 6.45) is 7.43. The summed E-state index contributed by atoms with van der Waals surface area (Å²) in [4.78, 5) is 0. The number of hydrogen-bond donors (Lipinski definition) is 1. The van der Waals surface area contributed by atoms with Gasteiger partial charge in [0, 0.05) is 6.04 Å². The maximum atomic E-state index is 11.4. The lowest BCUT2D eigenvalue weighted by molar-refractivity contribution is 0.248. The first-order chi connectivity index (χ1) is 8.11. The lowest BCUT2D eigenvalue weighted by Gasteiger charge is -2.32. The summed E-state index contributed by atoms with van der Waals surface area (Å²) in [5.41, 5.74) is 0. The Bertz CT molecular complexity index is 339. The summed E-state index contributed by atoms with van der Waals surface area (Å²) >= 11 is 0. The van der Waals surface area contributed by atoms with Crippen molar-refractivity contribution in [1.29, 1.82) is 0 Å². The monoisotopic (exact) mass is 259 g/mol. The van der Waals surface area contributed by atoms with Gasteiger partial charge in [-0.3, -0.25) is 0 Å². The second-order valence-electron chi connectivity index (χ2n) is 5.74. The minimum atomic E-state index is -2.71. The largest absolute Gasteiger partial charge is 0.313 e. The number of nitrogens with one attached hydrogen (secondary N) is 1. The van der Waals surface area contributed by atoms with Crippen LogP contribution in [-0.2, 0) is 9.84 Å². The van der Waals surface area contributed by atoms with Crippen LogP contribution in [0.4, 0.5) is 0 Å². The highest BCUT2D eigenvalue weighted by Gasteiger charge is 2.29. The maximum Gasteiger partial charge on any atom is 0.150 e. The molecule has 0 aromatic carbocycles. The molecular formula is C13H25NO2S. The molecule has 0 radical (unpaired) electrons. The Kier molecular flexibility index (Phi) is 4.47. The van der Waals surface area contributed by atoms with Crippen molar-refractivity contribution < 1.29 is 8.42 Å². The Morgan fingerprint density at radius 2 is 1.94 bits per heavy atom. The van der Waals surface area contributed by atoms with Gasteiger partial charge < -0.3 is 5.32 Å². The van der Waals surface area contributed by atoms with Crippen molar-refractivity contribution in [1.82, 2.24) is 5.32 Å². The predicted octanol–water partition coefficient (Wildman–Crippen LogP) is 1.98. The summed E-state index contributed by atoms with van der Waals surface area (Å²) < 4.78 is 22.8. The van der Waals surface area contributed by atoms with Gasteiger partial charge in [-0.1, -0.05) is 26.2 Å². The zero-order chi connectivity index (χ0) is 12.3. The average molecular weight is 259 g/mol. The lowest BCUT2D eigenvalue weighted by Crippen LogP contribution is -2.40. The summed E-state index contributed by atoms with van der Waals surface area (Å²) in [6, 6.07) is 0.636. The molecule has 2 fully saturated rings. The second kappa shape index (κ2) is 5.70. The van der Waals surface area contributed by atoms with Crippen molar-refractivity contribution in [3.05, 3.63) is 0 Å². The normalized spacial score (nSPS) is 37.1. The van der Waals surface area contributed by atoms with Crippen LogP contribution in [0.1, 0.15) is 45.4 Å². The topological polar surface area (TPSA) is 46.2 Å². The molecule has 1 N–H and O–H groups in total. The van der Waals surface area contributed by atoms with E-state index >= 15 is 0 Å². The molecule has 0 bridgehead atoms. The van der Waals surface area contributed by atoms with Gasteiger partial charge in [0.25, 0.3) is 0 Å². The van der Waals surface area contributed by atoms with E-state index in [1.807, 2.05) is 0 Å². The second-order valence-corrected chi connectivity index (χ2v) is 7.97. The Balaban J connectivity index is 1.77. The number of rotatable bonds is 4. The molecule has 3 atom stereocenters. The fraction of sp³-hybridized carbons (Fsp3) is 1.00. The van der Waals surface area contributed by atoms with E-state index in [1.54, 1.807) is 0 Å². The smallest absolute Gasteiger partial charge is 0.150 e. The van der Waals surface area contributed by atoms with Gasteiger partial charge in [-0.25, -0.2) is 8.42 Å². The van der Waals surface area contributed by atoms with E-state index < -0.39 is 9.84 Å². The van der Waals surface area contributed by atoms with Gasteiger partial charge >= 0.3 is 0 Å². The minimum Gasteiger partial charge on any atom is -0.313 e. The average Bonchev–Trinajstić information content (AvgIpc) is 2.67. The Morgan fingerprint density at radius 3 is 2.59 bits per heavy atom. The molecule has 100 valence electrons. The zero-order valence-electron chi connectivity index (χ0n) is 10.8. The first-order valence-electron chi connectivity index (χ1n) is 7.04. The van der Waals surface area contributed by atoms with Crippen molar-refractivity contribution in [2.45, 2.75) is 51.5 Å². The molecule has 1 heterocycles. The van der Waals surface area contributed by atoms with Gasteiger partial charge in [-0.15, -0.1) is 0 Å². The van der Waals surface area contributed by atoms with E-state index in [0.29, 0.717) is 23.5 Å². The van der Waals surface area contributed by atoms with E-state index in [2.05, 4.69) is 12.2 Å². The van der Waals surface area contributed by atoms with Gasteiger partial charge in [0.2, 0.25) is 0 Å². The molecule has 17 heavy (non-hydrogen) atoms. The van der Waals surface area contributed by atoms with Crippen LogP contribution in [0.3, 0.4) is 0 Å². The predicted molar refractivity (Wildman–Crippen MR) is 70.8 cm³/mol. The van der Waals surface area contributed by atoms with Gasteiger partial charge in [-0.2, -0.15) is 0 Å². The van der Waals surface area contributed by atoms with Crippen LogP contribution in [0, 0.1) is 11.8 Å². The molecular weight excluding hydrogens is 234 g/mol. The molecule has 1 aliphatic heterocycles. The fourth-order valence-corrected chi connectivity index (χ4v) is 5.18. The molecule has 1 saturated heterocycles. The number of sulfone groups is 1. The SMILES string of the molecule is CCC1CCCCC1NCC1CCS(=O)(=O)C1. The fourth-order valence-electron chi connectivity index (χ4n) is 3.32. The van der Waals surface area contributed by atoms with Crippen molar-refractivity contribution >= 4 is 9.84 Å². The van der Waals surface area contributed by atoms with Crippen LogP contribution in [-0.4, -0.2) is 32.5 Å². The van der Waals surface area contributed by atoms with Crippen molar-refractivity contribution in [3.8, 4) is 0 Å². The van der Waals surface area contributed by atoms with Gasteiger partial charge in [0.05, 0.1) is 11.5 Å². The van der Waals surface area contributed by atoms with Crippen molar-refractivity contribution in [2.75, 3.05) is 18.1 Å². The molecule has 1 aliphatic carbocycles. The Labute approximate surface area is 105 Å². The highest BCUT2D eigenvalue weighted by molar-refractivity contribution is 7.91. The van der Waals surface area contributed by atoms with Gasteiger partial charge in [0.15, 0.2) is 9.84 Å². The molecule has 0 spiro atoms. The maximum absolute atomic E-state index is 11.4. The third-order valence-electron chi connectivity index (χ3n) is 4.43. The van der Waals surface area contributed by atoms with E-state index in [1.165, 1.54) is 32.1 Å². The highest BCUT2D eigenvalue weighted by atomic mass is 32.2. The molecule has 0 aromatic heterocycles. The van der Waals surface area contributed by atoms with Crippen LogP contribution in [0.5, 0.6) is 0 Å². The Morgan fingerprint density at radius 1 is 1.18 bits per heavy atom. The van der Waals surface area contributed by atoms with E-state index in [4.69, 9.17) is 0 Å². The summed E-state index contributed by atoms with van der Waals surface area (Å²) in [7, 11) is -2.71. The molecule has 1 saturated carbocycles. The van der Waals surface area contributed by atoms with E-state index in [0.717, 1.165) is 18.9 Å². The Hall–Kier alpha value is -0.0900. The standard InChI is InChI=1S/C13H25NO2S/c1-2-12-5-3-4-6-13(12)14-9-11-7-8-17(15,16)10-11/h11-14H,2-10H2,1H3.